The largest absolute Gasteiger partial charge is 0.493 e. The molecular weight excluding hydrogens is 479 g/mol. The van der Waals surface area contributed by atoms with E-state index in [4.69, 9.17) is 15.2 Å². The lowest BCUT2D eigenvalue weighted by molar-refractivity contribution is -0.122. The van der Waals surface area contributed by atoms with Crippen LogP contribution in [0.4, 0.5) is 4.39 Å². The molecule has 0 fully saturated rings. The van der Waals surface area contributed by atoms with E-state index < -0.39 is 11.9 Å². The Morgan fingerprint density at radius 2 is 1.67 bits per heavy atom. The number of benzene rings is 3. The van der Waals surface area contributed by atoms with Crippen molar-refractivity contribution in [1.29, 1.82) is 0 Å². The van der Waals surface area contributed by atoms with Crippen molar-refractivity contribution >= 4 is 23.2 Å². The van der Waals surface area contributed by atoms with Gasteiger partial charge in [0.05, 0.1) is 12.0 Å². The number of nitrogens with zero attached hydrogens (tertiary/aromatic N) is 1. The number of thiophene rings is 1. The van der Waals surface area contributed by atoms with Gasteiger partial charge in [0.1, 0.15) is 18.5 Å². The summed E-state index contributed by atoms with van der Waals surface area (Å²) < 4.78 is 24.6. The number of nitrogens with two attached hydrogens (primary N) is 1. The van der Waals surface area contributed by atoms with Crippen LogP contribution in [-0.4, -0.2) is 23.8 Å². The quantitative estimate of drug-likeness (QED) is 0.316. The van der Waals surface area contributed by atoms with Crippen molar-refractivity contribution in [2.75, 3.05) is 7.11 Å². The van der Waals surface area contributed by atoms with Gasteiger partial charge < -0.3 is 20.1 Å². The molecule has 184 valence electrons. The number of primary amides is 1. The third-order valence-electron chi connectivity index (χ3n) is 5.58. The van der Waals surface area contributed by atoms with Crippen LogP contribution in [0.2, 0.25) is 0 Å². The molecule has 0 saturated carbocycles. The molecule has 2 amide bonds. The van der Waals surface area contributed by atoms with Crippen LogP contribution in [0.5, 0.6) is 11.5 Å². The zero-order chi connectivity index (χ0) is 25.5. The molecule has 0 aliphatic heterocycles. The van der Waals surface area contributed by atoms with E-state index in [-0.39, 0.29) is 24.9 Å². The first kappa shape index (κ1) is 24.9. The second-order valence-electron chi connectivity index (χ2n) is 8.03. The first-order valence-electron chi connectivity index (χ1n) is 11.2. The maximum atomic E-state index is 13.5. The van der Waals surface area contributed by atoms with Gasteiger partial charge in [0.25, 0.3) is 5.91 Å². The Labute approximate surface area is 212 Å². The summed E-state index contributed by atoms with van der Waals surface area (Å²) in [5, 5.41) is 1.81. The molecule has 0 aliphatic rings. The predicted molar refractivity (Wildman–Crippen MR) is 136 cm³/mol. The van der Waals surface area contributed by atoms with E-state index in [1.54, 1.807) is 66.7 Å². The lowest BCUT2D eigenvalue weighted by Crippen LogP contribution is -2.41. The van der Waals surface area contributed by atoms with Crippen molar-refractivity contribution in [3.8, 4) is 11.5 Å². The molecule has 0 spiro atoms. The van der Waals surface area contributed by atoms with Crippen LogP contribution in [-0.2, 0) is 17.9 Å². The van der Waals surface area contributed by atoms with E-state index in [1.807, 2.05) is 11.4 Å². The molecule has 36 heavy (non-hydrogen) atoms. The van der Waals surface area contributed by atoms with Crippen LogP contribution >= 0.6 is 11.3 Å². The first-order valence-corrected chi connectivity index (χ1v) is 12.1. The average molecular weight is 505 g/mol. The van der Waals surface area contributed by atoms with E-state index in [2.05, 4.69) is 0 Å². The van der Waals surface area contributed by atoms with Crippen LogP contribution in [0.25, 0.3) is 0 Å². The van der Waals surface area contributed by atoms with Gasteiger partial charge in [-0.1, -0.05) is 54.6 Å². The Morgan fingerprint density at radius 1 is 0.944 bits per heavy atom. The van der Waals surface area contributed by atoms with Gasteiger partial charge in [-0.3, -0.25) is 9.59 Å². The third kappa shape index (κ3) is 5.90. The molecule has 0 aliphatic carbocycles. The lowest BCUT2D eigenvalue weighted by Gasteiger charge is -2.30. The van der Waals surface area contributed by atoms with Crippen LogP contribution in [0.3, 0.4) is 0 Å². The van der Waals surface area contributed by atoms with Crippen LogP contribution in [0.1, 0.15) is 32.4 Å². The second-order valence-corrected chi connectivity index (χ2v) is 8.97. The summed E-state index contributed by atoms with van der Waals surface area (Å²) in [6.45, 7) is 0.352. The number of hydrogen-bond donors (Lipinski definition) is 1. The fourth-order valence-electron chi connectivity index (χ4n) is 3.82. The van der Waals surface area contributed by atoms with Crippen molar-refractivity contribution in [2.24, 2.45) is 5.73 Å². The molecule has 3 aromatic carbocycles. The third-order valence-corrected chi connectivity index (χ3v) is 6.44. The molecule has 2 N–H and O–H groups in total. The summed E-state index contributed by atoms with van der Waals surface area (Å²) in [7, 11) is 1.52. The van der Waals surface area contributed by atoms with E-state index >= 15 is 0 Å². The molecule has 4 rings (SSSR count). The van der Waals surface area contributed by atoms with Crippen LogP contribution in [0, 0.1) is 5.82 Å². The topological polar surface area (TPSA) is 81.9 Å². The maximum Gasteiger partial charge on any atom is 0.265 e. The van der Waals surface area contributed by atoms with Gasteiger partial charge in [0.2, 0.25) is 5.91 Å². The number of carbonyl (C=O) groups is 2. The van der Waals surface area contributed by atoms with E-state index in [0.29, 0.717) is 21.9 Å². The number of hydrogen-bond acceptors (Lipinski definition) is 5. The van der Waals surface area contributed by atoms with Crippen molar-refractivity contribution in [3.63, 3.8) is 0 Å². The minimum atomic E-state index is -0.957. The molecule has 1 atom stereocenters. The Bertz CT molecular complexity index is 1310. The molecular formula is C28H25FN2O4S. The monoisotopic (exact) mass is 504 g/mol. The highest BCUT2D eigenvalue weighted by atomic mass is 32.1. The van der Waals surface area contributed by atoms with E-state index in [0.717, 1.165) is 11.1 Å². The molecule has 0 saturated heterocycles. The summed E-state index contributed by atoms with van der Waals surface area (Å²) in [6.07, 6.45) is 0. The summed E-state index contributed by atoms with van der Waals surface area (Å²) in [5.74, 6) is -0.276. The Morgan fingerprint density at radius 3 is 2.31 bits per heavy atom. The van der Waals surface area contributed by atoms with Gasteiger partial charge in [-0.25, -0.2) is 4.39 Å². The van der Waals surface area contributed by atoms with Crippen LogP contribution < -0.4 is 15.2 Å². The van der Waals surface area contributed by atoms with Crippen molar-refractivity contribution in [2.45, 2.75) is 19.2 Å². The van der Waals surface area contributed by atoms with Crippen molar-refractivity contribution < 1.29 is 23.5 Å². The second kappa shape index (κ2) is 11.5. The molecule has 4 aromatic rings. The normalized spacial score (nSPS) is 11.5. The van der Waals surface area contributed by atoms with Gasteiger partial charge in [-0.2, -0.15) is 0 Å². The van der Waals surface area contributed by atoms with Gasteiger partial charge in [0.15, 0.2) is 11.5 Å². The number of amides is 2. The summed E-state index contributed by atoms with van der Waals surface area (Å²) in [4.78, 5) is 28.0. The molecule has 0 radical (unpaired) electrons. The first-order chi connectivity index (χ1) is 17.5. The SMILES string of the molecule is COc1cc(CN(C(=O)c2cccs2)[C@@H](C(N)=O)c2ccccc2)ccc1OCc1ccc(F)cc1. The zero-order valence-electron chi connectivity index (χ0n) is 19.6. The van der Waals surface area contributed by atoms with Crippen LogP contribution in [0.15, 0.2) is 90.3 Å². The highest BCUT2D eigenvalue weighted by Crippen LogP contribution is 2.32. The van der Waals surface area contributed by atoms with Crippen molar-refractivity contribution in [3.05, 3.63) is 118 Å². The summed E-state index contributed by atoms with van der Waals surface area (Å²) in [6, 6.07) is 22.9. The Hall–Kier alpha value is -4.17. The minimum absolute atomic E-state index is 0.119. The Balaban J connectivity index is 1.62. The van der Waals surface area contributed by atoms with Gasteiger partial charge >= 0.3 is 0 Å². The lowest BCUT2D eigenvalue weighted by atomic mass is 10.0. The minimum Gasteiger partial charge on any atom is -0.493 e. The predicted octanol–water partition coefficient (Wildman–Crippen LogP) is 5.34. The maximum absolute atomic E-state index is 13.5. The molecule has 1 heterocycles. The van der Waals surface area contributed by atoms with Crippen molar-refractivity contribution in [1.82, 2.24) is 4.90 Å². The highest BCUT2D eigenvalue weighted by molar-refractivity contribution is 7.12. The van der Waals surface area contributed by atoms with Gasteiger partial charge in [-0.05, 0) is 52.4 Å². The van der Waals surface area contributed by atoms with E-state index in [9.17, 15) is 14.0 Å². The number of halogens is 1. The number of methoxy groups -OCH3 is 1. The average Bonchev–Trinajstić information content (AvgIpc) is 3.43. The zero-order valence-corrected chi connectivity index (χ0v) is 20.4. The van der Waals surface area contributed by atoms with E-state index in [1.165, 1.54) is 35.5 Å². The fraction of sp³-hybridized carbons (Fsp3) is 0.143. The molecule has 0 unspecified atom stereocenters. The summed E-state index contributed by atoms with van der Waals surface area (Å²) >= 11 is 1.30. The number of carbonyl (C=O) groups excluding carboxylic acids is 2. The number of ether oxygens (including phenoxy) is 2. The molecule has 1 aromatic heterocycles. The molecule has 0 bridgehead atoms. The Kier molecular flexibility index (Phi) is 7.97. The molecule has 8 heteroatoms. The fourth-order valence-corrected chi connectivity index (χ4v) is 4.50. The highest BCUT2D eigenvalue weighted by Gasteiger charge is 2.31. The smallest absolute Gasteiger partial charge is 0.265 e. The standard InChI is InChI=1S/C28H25FN2O4S/c1-34-24-16-20(11-14-23(24)35-18-19-9-12-22(29)13-10-19)17-31(28(33)25-8-5-15-36-25)26(27(30)32)21-6-3-2-4-7-21/h2-16,26H,17-18H2,1H3,(H2,30,32)/t26-/m1/s1. The number of rotatable bonds is 10. The summed E-state index contributed by atoms with van der Waals surface area (Å²) in [5.41, 5.74) is 7.96. The van der Waals surface area contributed by atoms with Gasteiger partial charge in [-0.15, -0.1) is 11.3 Å². The molecule has 6 nitrogen and oxygen atoms in total. The van der Waals surface area contributed by atoms with Gasteiger partial charge in [0, 0.05) is 6.54 Å².